The van der Waals surface area contributed by atoms with E-state index < -0.39 is 5.60 Å². The van der Waals surface area contributed by atoms with Gasteiger partial charge in [-0.2, -0.15) is 0 Å². The molecular weight excluding hydrogens is 306 g/mol. The predicted octanol–water partition coefficient (Wildman–Crippen LogP) is 3.75. The minimum atomic E-state index is -0.524. The molecule has 1 amide bonds. The van der Waals surface area contributed by atoms with Crippen molar-refractivity contribution in [1.29, 1.82) is 0 Å². The van der Waals surface area contributed by atoms with Crippen LogP contribution < -0.4 is 4.74 Å². The first-order chi connectivity index (χ1) is 11.1. The van der Waals surface area contributed by atoms with Crippen LogP contribution in [0.1, 0.15) is 48.7 Å². The summed E-state index contributed by atoms with van der Waals surface area (Å²) in [6.07, 6.45) is 0.322. The van der Waals surface area contributed by atoms with Crippen LogP contribution >= 0.6 is 0 Å². The Hall–Kier alpha value is -2.04. The third kappa shape index (κ3) is 4.08. The second-order valence-electron chi connectivity index (χ2n) is 7.42. The largest absolute Gasteiger partial charge is 0.496 e. The average molecular weight is 333 g/mol. The molecule has 1 aromatic carbocycles. The van der Waals surface area contributed by atoms with E-state index in [9.17, 15) is 9.59 Å². The number of nitrogens with zero attached hydrogens (tertiary/aromatic N) is 1. The van der Waals surface area contributed by atoms with Crippen molar-refractivity contribution in [2.75, 3.05) is 20.2 Å². The van der Waals surface area contributed by atoms with E-state index in [4.69, 9.17) is 9.47 Å². The number of ether oxygens (including phenoxy) is 2. The van der Waals surface area contributed by atoms with Gasteiger partial charge in [-0.1, -0.05) is 0 Å². The van der Waals surface area contributed by atoms with Crippen LogP contribution in [0.3, 0.4) is 0 Å². The minimum absolute atomic E-state index is 0.0786. The van der Waals surface area contributed by atoms with Gasteiger partial charge in [0.05, 0.1) is 7.11 Å². The number of methoxy groups -OCH3 is 1. The Morgan fingerprint density at radius 2 is 1.75 bits per heavy atom. The molecule has 1 atom stereocenters. The summed E-state index contributed by atoms with van der Waals surface area (Å²) in [7, 11) is 1.63. The first kappa shape index (κ1) is 18.3. The molecule has 0 N–H and O–H groups in total. The zero-order valence-electron chi connectivity index (χ0n) is 15.4. The van der Waals surface area contributed by atoms with E-state index >= 15 is 0 Å². The molecule has 5 heteroatoms. The normalized spacial score (nSPS) is 17.8. The van der Waals surface area contributed by atoms with Crippen LogP contribution in [0.4, 0.5) is 4.79 Å². The number of hydrogen-bond acceptors (Lipinski definition) is 4. The van der Waals surface area contributed by atoms with Crippen LogP contribution in [-0.4, -0.2) is 42.6 Å². The molecule has 1 aromatic rings. The molecule has 1 aliphatic heterocycles. The lowest BCUT2D eigenvalue weighted by molar-refractivity contribution is 0.0289. The van der Waals surface area contributed by atoms with Gasteiger partial charge in [-0.15, -0.1) is 0 Å². The summed E-state index contributed by atoms with van der Waals surface area (Å²) in [6, 6.07) is 3.73. The van der Waals surface area contributed by atoms with Gasteiger partial charge in [0.25, 0.3) is 0 Å². The summed E-state index contributed by atoms with van der Waals surface area (Å²) in [5.74, 6) is 0.716. The number of rotatable bonds is 3. The highest BCUT2D eigenvalue weighted by atomic mass is 16.6. The molecule has 5 nitrogen and oxygen atoms in total. The molecule has 0 aliphatic carbocycles. The number of aryl methyl sites for hydroxylation is 2. The van der Waals surface area contributed by atoms with Crippen LogP contribution in [0.5, 0.6) is 5.75 Å². The summed E-state index contributed by atoms with van der Waals surface area (Å²) in [5.41, 5.74) is 2.05. The topological polar surface area (TPSA) is 55.8 Å². The van der Waals surface area contributed by atoms with Gasteiger partial charge in [0.1, 0.15) is 11.4 Å². The minimum Gasteiger partial charge on any atom is -0.496 e. The van der Waals surface area contributed by atoms with E-state index in [-0.39, 0.29) is 17.8 Å². The maximum atomic E-state index is 12.8. The molecule has 0 bridgehead atoms. The van der Waals surface area contributed by atoms with Crippen LogP contribution in [0.2, 0.25) is 0 Å². The smallest absolute Gasteiger partial charge is 0.410 e. The quantitative estimate of drug-likeness (QED) is 0.791. The van der Waals surface area contributed by atoms with E-state index in [1.165, 1.54) is 0 Å². The standard InChI is InChI=1S/C19H27NO4/c1-12-9-15(10-13(2)17(12)23-6)16(21)14-7-8-20(11-14)18(22)24-19(3,4)5/h9-10,14H,7-8,11H2,1-6H3. The summed E-state index contributed by atoms with van der Waals surface area (Å²) in [6.45, 7) is 10.4. The average Bonchev–Trinajstić information content (AvgIpc) is 2.94. The lowest BCUT2D eigenvalue weighted by Crippen LogP contribution is -2.35. The van der Waals surface area contributed by atoms with E-state index in [1.807, 2.05) is 46.8 Å². The number of ketones is 1. The molecule has 0 radical (unpaired) electrons. The Balaban J connectivity index is 2.08. The lowest BCUT2D eigenvalue weighted by Gasteiger charge is -2.24. The molecule has 0 spiro atoms. The van der Waals surface area contributed by atoms with Crippen molar-refractivity contribution >= 4 is 11.9 Å². The molecule has 1 saturated heterocycles. The summed E-state index contributed by atoms with van der Waals surface area (Å²) in [4.78, 5) is 26.5. The second-order valence-corrected chi connectivity index (χ2v) is 7.42. The molecule has 0 saturated carbocycles. The van der Waals surface area contributed by atoms with Gasteiger partial charge in [-0.25, -0.2) is 4.79 Å². The number of amides is 1. The van der Waals surface area contributed by atoms with Crippen molar-refractivity contribution in [2.24, 2.45) is 5.92 Å². The van der Waals surface area contributed by atoms with Crippen molar-refractivity contribution in [2.45, 2.75) is 46.6 Å². The van der Waals surface area contributed by atoms with Gasteiger partial charge < -0.3 is 14.4 Å². The second kappa shape index (κ2) is 6.83. The highest BCUT2D eigenvalue weighted by Crippen LogP contribution is 2.28. The maximum Gasteiger partial charge on any atom is 0.410 e. The molecule has 132 valence electrons. The summed E-state index contributed by atoms with van der Waals surface area (Å²) >= 11 is 0. The zero-order valence-corrected chi connectivity index (χ0v) is 15.4. The molecule has 24 heavy (non-hydrogen) atoms. The Bertz CT molecular complexity index is 622. The number of carbonyl (C=O) groups excluding carboxylic acids is 2. The van der Waals surface area contributed by atoms with E-state index in [1.54, 1.807) is 12.0 Å². The SMILES string of the molecule is COc1c(C)cc(C(=O)C2CCN(C(=O)OC(C)(C)C)C2)cc1C. The van der Waals surface area contributed by atoms with Gasteiger partial charge >= 0.3 is 6.09 Å². The van der Waals surface area contributed by atoms with Crippen molar-refractivity contribution in [1.82, 2.24) is 4.90 Å². The van der Waals surface area contributed by atoms with Crippen LogP contribution in [0.15, 0.2) is 12.1 Å². The Morgan fingerprint density at radius 1 is 1.17 bits per heavy atom. The Labute approximate surface area is 143 Å². The fraction of sp³-hybridized carbons (Fsp3) is 0.579. The number of likely N-dealkylation sites (tertiary alicyclic amines) is 1. The number of Topliss-reactive ketones (excluding diaryl/α,β-unsaturated/α-hetero) is 1. The van der Waals surface area contributed by atoms with Gasteiger partial charge in [0, 0.05) is 24.6 Å². The first-order valence-corrected chi connectivity index (χ1v) is 8.29. The molecule has 1 fully saturated rings. The van der Waals surface area contributed by atoms with E-state index in [0.717, 1.165) is 16.9 Å². The highest BCUT2D eigenvalue weighted by molar-refractivity contribution is 5.99. The Morgan fingerprint density at radius 3 is 2.25 bits per heavy atom. The fourth-order valence-corrected chi connectivity index (χ4v) is 3.12. The van der Waals surface area contributed by atoms with Gasteiger partial charge in [0.15, 0.2) is 5.78 Å². The van der Waals surface area contributed by atoms with Crippen molar-refractivity contribution in [3.05, 3.63) is 28.8 Å². The van der Waals surface area contributed by atoms with Crippen molar-refractivity contribution in [3.63, 3.8) is 0 Å². The van der Waals surface area contributed by atoms with E-state index in [2.05, 4.69) is 0 Å². The number of hydrogen-bond donors (Lipinski definition) is 0. The van der Waals surface area contributed by atoms with Gasteiger partial charge in [-0.05, 0) is 64.3 Å². The van der Waals surface area contributed by atoms with Crippen LogP contribution in [-0.2, 0) is 4.74 Å². The van der Waals surface area contributed by atoms with Crippen LogP contribution in [0, 0.1) is 19.8 Å². The summed E-state index contributed by atoms with van der Waals surface area (Å²) in [5, 5.41) is 0. The summed E-state index contributed by atoms with van der Waals surface area (Å²) < 4.78 is 10.7. The number of carbonyl (C=O) groups is 2. The predicted molar refractivity (Wildman–Crippen MR) is 92.7 cm³/mol. The van der Waals surface area contributed by atoms with Crippen molar-refractivity contribution < 1.29 is 19.1 Å². The Kier molecular flexibility index (Phi) is 5.21. The molecule has 0 aromatic heterocycles. The van der Waals surface area contributed by atoms with Crippen LogP contribution in [0.25, 0.3) is 0 Å². The molecule has 1 unspecified atom stereocenters. The highest BCUT2D eigenvalue weighted by Gasteiger charge is 2.34. The fourth-order valence-electron chi connectivity index (χ4n) is 3.12. The molecule has 1 aliphatic rings. The van der Waals surface area contributed by atoms with E-state index in [0.29, 0.717) is 25.1 Å². The third-order valence-corrected chi connectivity index (χ3v) is 4.16. The first-order valence-electron chi connectivity index (χ1n) is 8.29. The zero-order chi connectivity index (χ0) is 18.1. The molecule has 1 heterocycles. The molecular formula is C19H27NO4. The lowest BCUT2D eigenvalue weighted by atomic mass is 9.94. The van der Waals surface area contributed by atoms with Crippen molar-refractivity contribution in [3.8, 4) is 5.75 Å². The number of benzene rings is 1. The maximum absolute atomic E-state index is 12.8. The van der Waals surface area contributed by atoms with Gasteiger partial charge in [-0.3, -0.25) is 4.79 Å². The third-order valence-electron chi connectivity index (χ3n) is 4.16. The molecule has 2 rings (SSSR count). The van der Waals surface area contributed by atoms with Gasteiger partial charge in [0.2, 0.25) is 0 Å². The monoisotopic (exact) mass is 333 g/mol.